The molecule has 0 aliphatic carbocycles. The van der Waals surface area contributed by atoms with E-state index in [1.54, 1.807) is 0 Å². The lowest BCUT2D eigenvalue weighted by Crippen LogP contribution is -2.22. The molecule has 1 aliphatic rings. The fraction of sp³-hybridized carbons (Fsp3) is 0.947. The highest BCUT2D eigenvalue weighted by Crippen LogP contribution is 2.15. The molecule has 0 amide bonds. The Morgan fingerprint density at radius 2 is 1.43 bits per heavy atom. The van der Waals surface area contributed by atoms with Gasteiger partial charge in [0, 0.05) is 20.1 Å². The predicted molar refractivity (Wildman–Crippen MR) is 92.3 cm³/mol. The molecule has 0 spiro atoms. The topological polar surface area (TPSA) is 44.8 Å². The van der Waals surface area contributed by atoms with Crippen molar-refractivity contribution in [3.05, 3.63) is 0 Å². The van der Waals surface area contributed by atoms with E-state index in [4.69, 9.17) is 14.2 Å². The van der Waals surface area contributed by atoms with E-state index in [1.165, 1.54) is 71.1 Å². The predicted octanol–water partition coefficient (Wildman–Crippen LogP) is 4.99. The first-order valence-corrected chi connectivity index (χ1v) is 9.65. The summed E-state index contributed by atoms with van der Waals surface area (Å²) in [7, 11) is 0. The van der Waals surface area contributed by atoms with Crippen LogP contribution in [0.4, 0.5) is 0 Å². The molecule has 0 N–H and O–H groups in total. The first-order chi connectivity index (χ1) is 11.3. The van der Waals surface area contributed by atoms with Gasteiger partial charge in [-0.15, -0.1) is 0 Å². The van der Waals surface area contributed by atoms with Gasteiger partial charge in [-0.05, 0) is 32.1 Å². The van der Waals surface area contributed by atoms with E-state index in [0.29, 0.717) is 6.61 Å². The van der Waals surface area contributed by atoms with Crippen LogP contribution in [0.2, 0.25) is 0 Å². The summed E-state index contributed by atoms with van der Waals surface area (Å²) < 4.78 is 16.2. The number of carbonyl (C=O) groups is 1. The first kappa shape index (κ1) is 20.4. The highest BCUT2D eigenvalue weighted by atomic mass is 16.7. The number of esters is 1. The van der Waals surface area contributed by atoms with Gasteiger partial charge in [0.25, 0.3) is 0 Å². The molecule has 1 heterocycles. The molecule has 0 radical (unpaired) electrons. The van der Waals surface area contributed by atoms with Gasteiger partial charge in [0.15, 0.2) is 6.29 Å². The summed E-state index contributed by atoms with van der Waals surface area (Å²) in [6.07, 6.45) is 16.1. The van der Waals surface area contributed by atoms with E-state index >= 15 is 0 Å². The lowest BCUT2D eigenvalue weighted by molar-refractivity contribution is -0.162. The van der Waals surface area contributed by atoms with Gasteiger partial charge in [0.05, 0.1) is 6.61 Å². The maximum atomic E-state index is 10.6. The van der Waals surface area contributed by atoms with Crippen LogP contribution in [0.15, 0.2) is 0 Å². The Morgan fingerprint density at radius 1 is 0.870 bits per heavy atom. The van der Waals surface area contributed by atoms with Crippen LogP contribution in [0.25, 0.3) is 0 Å². The Balaban J connectivity index is 1.69. The fourth-order valence-corrected chi connectivity index (χ4v) is 2.89. The summed E-state index contributed by atoms with van der Waals surface area (Å²) in [6, 6.07) is 0. The van der Waals surface area contributed by atoms with Gasteiger partial charge in [-0.25, -0.2) is 0 Å². The Hall–Kier alpha value is -0.610. The van der Waals surface area contributed by atoms with Crippen LogP contribution in [0.5, 0.6) is 0 Å². The number of ether oxygens (including phenoxy) is 3. The third kappa shape index (κ3) is 13.5. The molecule has 136 valence electrons. The summed E-state index contributed by atoms with van der Waals surface area (Å²) >= 11 is 0. The van der Waals surface area contributed by atoms with Crippen LogP contribution < -0.4 is 0 Å². The van der Waals surface area contributed by atoms with Crippen molar-refractivity contribution in [1.82, 2.24) is 0 Å². The van der Waals surface area contributed by atoms with Gasteiger partial charge in [-0.1, -0.05) is 51.4 Å². The number of rotatable bonds is 14. The van der Waals surface area contributed by atoms with Crippen LogP contribution in [0.1, 0.15) is 90.4 Å². The monoisotopic (exact) mass is 328 g/mol. The summed E-state index contributed by atoms with van der Waals surface area (Å²) in [5, 5.41) is 0. The van der Waals surface area contributed by atoms with Crippen molar-refractivity contribution in [2.45, 2.75) is 96.7 Å². The summed E-state index contributed by atoms with van der Waals surface area (Å²) in [4.78, 5) is 10.6. The molecule has 0 aromatic carbocycles. The molecule has 4 nitrogen and oxygen atoms in total. The second-order valence-electron chi connectivity index (χ2n) is 6.54. The zero-order valence-electron chi connectivity index (χ0n) is 15.0. The Morgan fingerprint density at radius 3 is 1.96 bits per heavy atom. The zero-order chi connectivity index (χ0) is 16.6. The lowest BCUT2D eigenvalue weighted by atomic mass is 10.1. The second kappa shape index (κ2) is 14.9. The van der Waals surface area contributed by atoms with Gasteiger partial charge in [0.1, 0.15) is 0 Å². The Labute approximate surface area is 142 Å². The molecule has 1 atom stereocenters. The zero-order valence-corrected chi connectivity index (χ0v) is 15.0. The summed E-state index contributed by atoms with van der Waals surface area (Å²) in [6.45, 7) is 3.78. The highest BCUT2D eigenvalue weighted by molar-refractivity contribution is 5.65. The van der Waals surface area contributed by atoms with E-state index in [1.807, 2.05) is 0 Å². The van der Waals surface area contributed by atoms with E-state index in [0.717, 1.165) is 32.5 Å². The van der Waals surface area contributed by atoms with Crippen molar-refractivity contribution in [3.63, 3.8) is 0 Å². The van der Waals surface area contributed by atoms with E-state index < -0.39 is 0 Å². The molecule has 1 saturated heterocycles. The number of unbranched alkanes of at least 4 members (excludes halogenated alkanes) is 9. The molecular weight excluding hydrogens is 292 g/mol. The number of carbonyl (C=O) groups excluding carboxylic acids is 1. The standard InChI is InChI=1S/C19H36O4/c1-18(20)21-15-11-8-6-4-2-3-5-7-9-12-16-22-19-14-10-13-17-23-19/h19H,2-17H2,1H3. The minimum Gasteiger partial charge on any atom is -0.466 e. The van der Waals surface area contributed by atoms with Gasteiger partial charge in [0.2, 0.25) is 0 Å². The van der Waals surface area contributed by atoms with Crippen LogP contribution in [0.3, 0.4) is 0 Å². The van der Waals surface area contributed by atoms with Crippen LogP contribution in [0, 0.1) is 0 Å². The van der Waals surface area contributed by atoms with Gasteiger partial charge >= 0.3 is 5.97 Å². The number of hydrogen-bond acceptors (Lipinski definition) is 4. The molecule has 0 aromatic heterocycles. The molecule has 0 saturated carbocycles. The van der Waals surface area contributed by atoms with Crippen LogP contribution in [-0.2, 0) is 19.0 Å². The molecular formula is C19H36O4. The Kier molecular flexibility index (Phi) is 13.3. The molecule has 1 aliphatic heterocycles. The van der Waals surface area contributed by atoms with Crippen LogP contribution in [-0.4, -0.2) is 32.1 Å². The molecule has 1 rings (SSSR count). The normalized spacial score (nSPS) is 18.0. The number of hydrogen-bond donors (Lipinski definition) is 0. The summed E-state index contributed by atoms with van der Waals surface area (Å²) in [5.41, 5.74) is 0. The third-order valence-electron chi connectivity index (χ3n) is 4.29. The van der Waals surface area contributed by atoms with Crippen molar-refractivity contribution >= 4 is 5.97 Å². The smallest absolute Gasteiger partial charge is 0.302 e. The maximum Gasteiger partial charge on any atom is 0.302 e. The third-order valence-corrected chi connectivity index (χ3v) is 4.29. The van der Waals surface area contributed by atoms with Crippen molar-refractivity contribution in [2.24, 2.45) is 0 Å². The first-order valence-electron chi connectivity index (χ1n) is 9.65. The lowest BCUT2D eigenvalue weighted by Gasteiger charge is -2.22. The molecule has 23 heavy (non-hydrogen) atoms. The molecule has 1 unspecified atom stereocenters. The molecule has 1 fully saturated rings. The van der Waals surface area contributed by atoms with E-state index in [-0.39, 0.29) is 12.3 Å². The average molecular weight is 328 g/mol. The minimum absolute atomic E-state index is 0.0737. The van der Waals surface area contributed by atoms with Crippen molar-refractivity contribution < 1.29 is 19.0 Å². The Bertz CT molecular complexity index is 275. The minimum atomic E-state index is -0.165. The van der Waals surface area contributed by atoms with E-state index in [2.05, 4.69) is 0 Å². The average Bonchev–Trinajstić information content (AvgIpc) is 2.56. The summed E-state index contributed by atoms with van der Waals surface area (Å²) in [5.74, 6) is -0.165. The SMILES string of the molecule is CC(=O)OCCCCCCCCCCCCOC1CCCCO1. The fourth-order valence-electron chi connectivity index (χ4n) is 2.89. The van der Waals surface area contributed by atoms with Crippen LogP contribution >= 0.6 is 0 Å². The molecule has 0 aromatic rings. The quantitative estimate of drug-likeness (QED) is 0.333. The van der Waals surface area contributed by atoms with Crippen molar-refractivity contribution in [2.75, 3.05) is 19.8 Å². The largest absolute Gasteiger partial charge is 0.466 e. The highest BCUT2D eigenvalue weighted by Gasteiger charge is 2.13. The van der Waals surface area contributed by atoms with Crippen molar-refractivity contribution in [1.29, 1.82) is 0 Å². The molecule has 0 bridgehead atoms. The van der Waals surface area contributed by atoms with Gasteiger partial charge in [-0.3, -0.25) is 4.79 Å². The van der Waals surface area contributed by atoms with Gasteiger partial charge in [-0.2, -0.15) is 0 Å². The van der Waals surface area contributed by atoms with E-state index in [9.17, 15) is 4.79 Å². The van der Waals surface area contributed by atoms with Crippen molar-refractivity contribution in [3.8, 4) is 0 Å². The molecule has 4 heteroatoms. The maximum absolute atomic E-state index is 10.6. The second-order valence-corrected chi connectivity index (χ2v) is 6.54. The van der Waals surface area contributed by atoms with Gasteiger partial charge < -0.3 is 14.2 Å².